The second kappa shape index (κ2) is 10.5. The Morgan fingerprint density at radius 1 is 0.938 bits per heavy atom. The van der Waals surface area contributed by atoms with Gasteiger partial charge in [0.25, 0.3) is 0 Å². The summed E-state index contributed by atoms with van der Waals surface area (Å²) in [5, 5.41) is 16.6. The number of hydrogen-bond acceptors (Lipinski definition) is 6. The Balaban J connectivity index is 1.52. The molecule has 3 aromatic rings. The highest BCUT2D eigenvalue weighted by molar-refractivity contribution is 7.99. The fourth-order valence-electron chi connectivity index (χ4n) is 2.71. The second-order valence-electron chi connectivity index (χ2n) is 6.79. The molecule has 0 aliphatic heterocycles. The molecular formula is C21H21FN6O3S. The van der Waals surface area contributed by atoms with Crippen molar-refractivity contribution >= 4 is 46.5 Å². The van der Waals surface area contributed by atoms with Gasteiger partial charge in [0.1, 0.15) is 11.6 Å². The zero-order valence-electron chi connectivity index (χ0n) is 17.4. The molecule has 0 saturated carbocycles. The molecular weight excluding hydrogens is 435 g/mol. The molecule has 0 saturated heterocycles. The summed E-state index contributed by atoms with van der Waals surface area (Å²) in [6, 6.07) is 12.3. The zero-order valence-corrected chi connectivity index (χ0v) is 18.2. The molecule has 0 bridgehead atoms. The summed E-state index contributed by atoms with van der Waals surface area (Å²) in [5.41, 5.74) is 1.62. The number of halogens is 1. The molecule has 0 unspecified atom stereocenters. The Morgan fingerprint density at radius 2 is 1.59 bits per heavy atom. The molecule has 0 spiro atoms. The molecule has 3 N–H and O–H groups in total. The standard InChI is InChI=1S/C21H21FN6O3S/c1-13(29)23-16-4-3-5-17(10-16)25-20(31)12-32-21-27-26-18(28(21)2)11-19(30)24-15-8-6-14(22)7-9-15/h3-10H,11-12H2,1-2H3,(H,23,29)(H,24,30)(H,25,31). The zero-order chi connectivity index (χ0) is 23.1. The maximum Gasteiger partial charge on any atom is 0.234 e. The number of carbonyl (C=O) groups is 3. The van der Waals surface area contributed by atoms with Crippen molar-refractivity contribution in [1.29, 1.82) is 0 Å². The smallest absolute Gasteiger partial charge is 0.234 e. The van der Waals surface area contributed by atoms with Gasteiger partial charge >= 0.3 is 0 Å². The van der Waals surface area contributed by atoms with Gasteiger partial charge in [-0.05, 0) is 42.5 Å². The monoisotopic (exact) mass is 456 g/mol. The van der Waals surface area contributed by atoms with E-state index >= 15 is 0 Å². The van der Waals surface area contributed by atoms with Crippen LogP contribution in [0.4, 0.5) is 21.5 Å². The van der Waals surface area contributed by atoms with Crippen molar-refractivity contribution in [3.05, 3.63) is 60.2 Å². The molecule has 166 valence electrons. The van der Waals surface area contributed by atoms with Crippen LogP contribution in [0.1, 0.15) is 12.7 Å². The van der Waals surface area contributed by atoms with Gasteiger partial charge in [-0.3, -0.25) is 14.4 Å². The first-order valence-electron chi connectivity index (χ1n) is 9.54. The van der Waals surface area contributed by atoms with E-state index in [9.17, 15) is 18.8 Å². The van der Waals surface area contributed by atoms with E-state index < -0.39 is 0 Å². The maximum atomic E-state index is 13.0. The molecule has 11 heteroatoms. The molecule has 0 aliphatic rings. The minimum atomic E-state index is -0.387. The number of benzene rings is 2. The topological polar surface area (TPSA) is 118 Å². The lowest BCUT2D eigenvalue weighted by atomic mass is 10.2. The van der Waals surface area contributed by atoms with Crippen LogP contribution in [0.15, 0.2) is 53.7 Å². The molecule has 1 heterocycles. The van der Waals surface area contributed by atoms with Gasteiger partial charge in [-0.25, -0.2) is 4.39 Å². The Hall–Kier alpha value is -3.73. The lowest BCUT2D eigenvalue weighted by Gasteiger charge is -2.08. The molecule has 9 nitrogen and oxygen atoms in total. The van der Waals surface area contributed by atoms with Gasteiger partial charge in [-0.15, -0.1) is 10.2 Å². The van der Waals surface area contributed by atoms with Crippen LogP contribution in [0.5, 0.6) is 0 Å². The lowest BCUT2D eigenvalue weighted by molar-refractivity contribution is -0.116. The fraction of sp³-hybridized carbons (Fsp3) is 0.190. The Morgan fingerprint density at radius 3 is 2.28 bits per heavy atom. The average molecular weight is 457 g/mol. The van der Waals surface area contributed by atoms with Crippen LogP contribution in [0.25, 0.3) is 0 Å². The van der Waals surface area contributed by atoms with Crippen molar-refractivity contribution in [3.63, 3.8) is 0 Å². The highest BCUT2D eigenvalue weighted by atomic mass is 32.2. The third kappa shape index (κ3) is 6.64. The van der Waals surface area contributed by atoms with Crippen LogP contribution in [0.3, 0.4) is 0 Å². The molecule has 0 atom stereocenters. The molecule has 0 fully saturated rings. The first kappa shape index (κ1) is 22.9. The number of nitrogens with zero attached hydrogens (tertiary/aromatic N) is 3. The largest absolute Gasteiger partial charge is 0.326 e. The fourth-order valence-corrected chi connectivity index (χ4v) is 3.44. The number of anilines is 3. The number of aromatic nitrogens is 3. The number of rotatable bonds is 8. The number of nitrogens with one attached hydrogen (secondary N) is 3. The Labute approximate surface area is 187 Å². The van der Waals surface area contributed by atoms with Gasteiger partial charge in [0.05, 0.1) is 12.2 Å². The van der Waals surface area contributed by atoms with Gasteiger partial charge < -0.3 is 20.5 Å². The van der Waals surface area contributed by atoms with E-state index in [1.54, 1.807) is 35.9 Å². The van der Waals surface area contributed by atoms with Crippen molar-refractivity contribution in [2.24, 2.45) is 7.05 Å². The van der Waals surface area contributed by atoms with Crippen LogP contribution < -0.4 is 16.0 Å². The number of carbonyl (C=O) groups excluding carboxylic acids is 3. The third-order valence-corrected chi connectivity index (χ3v) is 5.19. The number of hydrogen-bond donors (Lipinski definition) is 3. The molecule has 3 amide bonds. The normalized spacial score (nSPS) is 10.5. The molecule has 2 aromatic carbocycles. The predicted octanol–water partition coefficient (Wildman–Crippen LogP) is 2.82. The van der Waals surface area contributed by atoms with Gasteiger partial charge in [0.15, 0.2) is 5.16 Å². The highest BCUT2D eigenvalue weighted by Gasteiger charge is 2.15. The predicted molar refractivity (Wildman–Crippen MR) is 120 cm³/mol. The van der Waals surface area contributed by atoms with E-state index in [1.165, 1.54) is 43.0 Å². The summed E-state index contributed by atoms with van der Waals surface area (Å²) in [6.45, 7) is 1.41. The van der Waals surface area contributed by atoms with Crippen LogP contribution >= 0.6 is 11.8 Å². The third-order valence-electron chi connectivity index (χ3n) is 4.17. The van der Waals surface area contributed by atoms with E-state index in [0.29, 0.717) is 28.0 Å². The van der Waals surface area contributed by atoms with Gasteiger partial charge in [0.2, 0.25) is 17.7 Å². The van der Waals surface area contributed by atoms with Crippen molar-refractivity contribution in [1.82, 2.24) is 14.8 Å². The minimum absolute atomic E-state index is 0.0242. The quantitative estimate of drug-likeness (QED) is 0.449. The first-order chi connectivity index (χ1) is 15.3. The summed E-state index contributed by atoms with van der Waals surface area (Å²) in [4.78, 5) is 35.6. The van der Waals surface area contributed by atoms with E-state index in [0.717, 1.165) is 0 Å². The first-order valence-corrected chi connectivity index (χ1v) is 10.5. The summed E-state index contributed by atoms with van der Waals surface area (Å²) in [7, 11) is 1.71. The highest BCUT2D eigenvalue weighted by Crippen LogP contribution is 2.19. The number of thioether (sulfide) groups is 1. The lowest BCUT2D eigenvalue weighted by Crippen LogP contribution is -2.17. The SMILES string of the molecule is CC(=O)Nc1cccc(NC(=O)CSc2nnc(CC(=O)Nc3ccc(F)cc3)n2C)c1. The average Bonchev–Trinajstić information content (AvgIpc) is 3.07. The Kier molecular flexibility index (Phi) is 7.55. The van der Waals surface area contributed by atoms with E-state index in [1.807, 2.05) is 0 Å². The van der Waals surface area contributed by atoms with E-state index in [4.69, 9.17) is 0 Å². The van der Waals surface area contributed by atoms with E-state index in [-0.39, 0.29) is 35.7 Å². The van der Waals surface area contributed by atoms with E-state index in [2.05, 4.69) is 26.1 Å². The summed E-state index contributed by atoms with van der Waals surface area (Å²) in [5.74, 6) is -0.654. The number of amides is 3. The molecule has 32 heavy (non-hydrogen) atoms. The van der Waals surface area contributed by atoms with Crippen LogP contribution in [0.2, 0.25) is 0 Å². The molecule has 1 aromatic heterocycles. The van der Waals surface area contributed by atoms with Gasteiger partial charge in [-0.1, -0.05) is 17.8 Å². The molecule has 0 radical (unpaired) electrons. The van der Waals surface area contributed by atoms with Gasteiger partial charge in [-0.2, -0.15) is 0 Å². The second-order valence-corrected chi connectivity index (χ2v) is 7.73. The summed E-state index contributed by atoms with van der Waals surface area (Å²) >= 11 is 1.18. The van der Waals surface area contributed by atoms with Crippen molar-refractivity contribution in [2.75, 3.05) is 21.7 Å². The maximum absolute atomic E-state index is 13.0. The van der Waals surface area contributed by atoms with Crippen LogP contribution in [-0.4, -0.2) is 38.2 Å². The van der Waals surface area contributed by atoms with Crippen LogP contribution in [-0.2, 0) is 27.9 Å². The van der Waals surface area contributed by atoms with Crippen LogP contribution in [0, 0.1) is 5.82 Å². The molecule has 3 rings (SSSR count). The Bertz CT molecular complexity index is 1130. The summed E-state index contributed by atoms with van der Waals surface area (Å²) in [6.07, 6.45) is -0.0242. The van der Waals surface area contributed by atoms with Crippen molar-refractivity contribution < 1.29 is 18.8 Å². The van der Waals surface area contributed by atoms with Gasteiger partial charge in [0, 0.05) is 31.0 Å². The van der Waals surface area contributed by atoms with Crippen molar-refractivity contribution in [2.45, 2.75) is 18.5 Å². The minimum Gasteiger partial charge on any atom is -0.326 e. The summed E-state index contributed by atoms with van der Waals surface area (Å²) < 4.78 is 14.6. The molecule has 0 aliphatic carbocycles. The van der Waals surface area contributed by atoms with Crippen molar-refractivity contribution in [3.8, 4) is 0 Å².